The van der Waals surface area contributed by atoms with E-state index in [9.17, 15) is 9.18 Å². The molecular formula is C18H18ClFO4. The third-order valence-electron chi connectivity index (χ3n) is 3.49. The number of hydrogen-bond acceptors (Lipinski definition) is 4. The Kier molecular flexibility index (Phi) is 6.44. The van der Waals surface area contributed by atoms with Gasteiger partial charge in [-0.3, -0.25) is 4.79 Å². The van der Waals surface area contributed by atoms with Crippen LogP contribution in [-0.2, 0) is 22.6 Å². The van der Waals surface area contributed by atoms with Crippen LogP contribution in [0.1, 0.15) is 17.5 Å². The molecule has 0 aliphatic rings. The molecule has 2 aromatic carbocycles. The molecule has 2 aromatic rings. The van der Waals surface area contributed by atoms with Crippen LogP contribution in [0.25, 0.3) is 0 Å². The van der Waals surface area contributed by atoms with Gasteiger partial charge in [0.25, 0.3) is 0 Å². The summed E-state index contributed by atoms with van der Waals surface area (Å²) in [6, 6.07) is 9.45. The Hall–Kier alpha value is -2.27. The number of rotatable bonds is 7. The van der Waals surface area contributed by atoms with Gasteiger partial charge in [-0.1, -0.05) is 29.8 Å². The molecule has 0 amide bonds. The Balaban J connectivity index is 1.92. The van der Waals surface area contributed by atoms with E-state index in [1.54, 1.807) is 20.3 Å². The molecule has 0 N–H and O–H groups in total. The van der Waals surface area contributed by atoms with Crippen LogP contribution >= 0.6 is 11.6 Å². The van der Waals surface area contributed by atoms with E-state index in [2.05, 4.69) is 0 Å². The van der Waals surface area contributed by atoms with Crippen molar-refractivity contribution in [3.63, 3.8) is 0 Å². The first kappa shape index (κ1) is 18.1. The minimum absolute atomic E-state index is 0.00714. The SMILES string of the molecule is COc1cccc(CCC(=O)OCc2ccc(F)cc2Cl)c1OC. The molecule has 0 saturated heterocycles. The van der Waals surface area contributed by atoms with Crippen LogP contribution in [-0.4, -0.2) is 20.2 Å². The van der Waals surface area contributed by atoms with Gasteiger partial charge in [0, 0.05) is 12.0 Å². The van der Waals surface area contributed by atoms with Crippen molar-refractivity contribution in [3.05, 3.63) is 58.4 Å². The third-order valence-corrected chi connectivity index (χ3v) is 3.84. The second-order valence-electron chi connectivity index (χ2n) is 5.05. The van der Waals surface area contributed by atoms with Crippen LogP contribution in [0.4, 0.5) is 4.39 Å². The van der Waals surface area contributed by atoms with E-state index in [0.717, 1.165) is 5.56 Å². The summed E-state index contributed by atoms with van der Waals surface area (Å²) in [5.74, 6) is 0.413. The number of esters is 1. The van der Waals surface area contributed by atoms with Gasteiger partial charge in [-0.15, -0.1) is 0 Å². The molecule has 0 atom stereocenters. The Labute approximate surface area is 145 Å². The molecule has 0 fully saturated rings. The normalized spacial score (nSPS) is 10.3. The molecule has 0 heterocycles. The number of para-hydroxylation sites is 1. The highest BCUT2D eigenvalue weighted by molar-refractivity contribution is 6.31. The van der Waals surface area contributed by atoms with Crippen molar-refractivity contribution in [1.82, 2.24) is 0 Å². The second-order valence-corrected chi connectivity index (χ2v) is 5.46. The van der Waals surface area contributed by atoms with E-state index in [1.807, 2.05) is 12.1 Å². The van der Waals surface area contributed by atoms with Gasteiger partial charge in [-0.2, -0.15) is 0 Å². The van der Waals surface area contributed by atoms with Crippen LogP contribution in [0.2, 0.25) is 5.02 Å². The fourth-order valence-electron chi connectivity index (χ4n) is 2.26. The van der Waals surface area contributed by atoms with Crippen molar-refractivity contribution in [2.24, 2.45) is 0 Å². The van der Waals surface area contributed by atoms with Crippen molar-refractivity contribution in [1.29, 1.82) is 0 Å². The Morgan fingerprint density at radius 3 is 2.58 bits per heavy atom. The first-order valence-electron chi connectivity index (χ1n) is 7.34. The number of aryl methyl sites for hydroxylation is 1. The molecule has 0 aromatic heterocycles. The van der Waals surface area contributed by atoms with E-state index in [-0.39, 0.29) is 24.0 Å². The first-order valence-corrected chi connectivity index (χ1v) is 7.72. The van der Waals surface area contributed by atoms with Gasteiger partial charge in [0.2, 0.25) is 0 Å². The van der Waals surface area contributed by atoms with Crippen LogP contribution in [0, 0.1) is 5.82 Å². The maximum atomic E-state index is 13.0. The number of ether oxygens (including phenoxy) is 3. The zero-order valence-corrected chi connectivity index (χ0v) is 14.2. The highest BCUT2D eigenvalue weighted by Crippen LogP contribution is 2.31. The molecule has 0 aliphatic carbocycles. The van der Waals surface area contributed by atoms with Crippen LogP contribution < -0.4 is 9.47 Å². The molecule has 0 spiro atoms. The van der Waals surface area contributed by atoms with Gasteiger partial charge >= 0.3 is 5.97 Å². The zero-order chi connectivity index (χ0) is 17.5. The van der Waals surface area contributed by atoms with E-state index >= 15 is 0 Å². The maximum absolute atomic E-state index is 13.0. The predicted molar refractivity (Wildman–Crippen MR) is 89.1 cm³/mol. The third kappa shape index (κ3) is 4.61. The van der Waals surface area contributed by atoms with Gasteiger partial charge in [0.05, 0.1) is 19.2 Å². The average molecular weight is 353 g/mol. The van der Waals surface area contributed by atoms with E-state index in [0.29, 0.717) is 23.5 Å². The van der Waals surface area contributed by atoms with Gasteiger partial charge in [-0.05, 0) is 30.2 Å². The zero-order valence-electron chi connectivity index (χ0n) is 13.5. The van der Waals surface area contributed by atoms with Crippen LogP contribution in [0.15, 0.2) is 36.4 Å². The summed E-state index contributed by atoms with van der Waals surface area (Å²) < 4.78 is 28.7. The van der Waals surface area contributed by atoms with Gasteiger partial charge in [-0.25, -0.2) is 4.39 Å². The molecule has 24 heavy (non-hydrogen) atoms. The summed E-state index contributed by atoms with van der Waals surface area (Å²) in [5, 5.41) is 0.234. The van der Waals surface area contributed by atoms with Crippen LogP contribution in [0.3, 0.4) is 0 Å². The average Bonchev–Trinajstić information content (AvgIpc) is 2.58. The van der Waals surface area contributed by atoms with E-state index in [1.165, 1.54) is 18.2 Å². The van der Waals surface area contributed by atoms with Gasteiger partial charge in [0.1, 0.15) is 12.4 Å². The quantitative estimate of drug-likeness (QED) is 0.701. The molecule has 4 nitrogen and oxygen atoms in total. The fraction of sp³-hybridized carbons (Fsp3) is 0.278. The summed E-state index contributed by atoms with van der Waals surface area (Å²) >= 11 is 5.90. The number of carbonyl (C=O) groups is 1. The first-order chi connectivity index (χ1) is 11.5. The molecule has 0 radical (unpaired) electrons. The molecular weight excluding hydrogens is 335 g/mol. The number of halogens is 2. The maximum Gasteiger partial charge on any atom is 0.306 e. The summed E-state index contributed by atoms with van der Waals surface area (Å²) in [5.41, 5.74) is 1.42. The van der Waals surface area contributed by atoms with Crippen LogP contribution in [0.5, 0.6) is 11.5 Å². The Morgan fingerprint density at radius 1 is 1.12 bits per heavy atom. The van der Waals surface area contributed by atoms with E-state index in [4.69, 9.17) is 25.8 Å². The Morgan fingerprint density at radius 2 is 1.92 bits per heavy atom. The molecule has 0 saturated carbocycles. The molecule has 6 heteroatoms. The minimum atomic E-state index is -0.430. The predicted octanol–water partition coefficient (Wildman–Crippen LogP) is 4.17. The molecule has 128 valence electrons. The van der Waals surface area contributed by atoms with Crippen molar-refractivity contribution in [2.75, 3.05) is 14.2 Å². The lowest BCUT2D eigenvalue weighted by atomic mass is 10.1. The summed E-state index contributed by atoms with van der Waals surface area (Å²) in [7, 11) is 3.11. The summed E-state index contributed by atoms with van der Waals surface area (Å²) in [6.07, 6.45) is 0.638. The molecule has 0 aliphatic heterocycles. The lowest BCUT2D eigenvalue weighted by Crippen LogP contribution is -2.07. The van der Waals surface area contributed by atoms with E-state index < -0.39 is 5.82 Å². The number of hydrogen-bond donors (Lipinski definition) is 0. The number of carbonyl (C=O) groups excluding carboxylic acids is 1. The largest absolute Gasteiger partial charge is 0.493 e. The lowest BCUT2D eigenvalue weighted by Gasteiger charge is -2.12. The molecule has 0 bridgehead atoms. The smallest absolute Gasteiger partial charge is 0.306 e. The highest BCUT2D eigenvalue weighted by Gasteiger charge is 2.12. The van der Waals surface area contributed by atoms with Crippen molar-refractivity contribution in [3.8, 4) is 11.5 Å². The Bertz CT molecular complexity index is 718. The standard InChI is InChI=1S/C18H18ClFO4/c1-22-16-5-3-4-12(18(16)23-2)7-9-17(21)24-11-13-6-8-14(20)10-15(13)19/h3-6,8,10H,7,9,11H2,1-2H3. The van der Waals surface area contributed by atoms with Crippen molar-refractivity contribution < 1.29 is 23.4 Å². The molecule has 2 rings (SSSR count). The minimum Gasteiger partial charge on any atom is -0.493 e. The van der Waals surface area contributed by atoms with Gasteiger partial charge < -0.3 is 14.2 Å². The summed E-state index contributed by atoms with van der Waals surface area (Å²) in [4.78, 5) is 11.9. The number of methoxy groups -OCH3 is 2. The van der Waals surface area contributed by atoms with Crippen molar-refractivity contribution >= 4 is 17.6 Å². The second kappa shape index (κ2) is 8.55. The fourth-order valence-corrected chi connectivity index (χ4v) is 2.48. The number of benzene rings is 2. The van der Waals surface area contributed by atoms with Gasteiger partial charge in [0.15, 0.2) is 11.5 Å². The monoisotopic (exact) mass is 352 g/mol. The highest BCUT2D eigenvalue weighted by atomic mass is 35.5. The van der Waals surface area contributed by atoms with Crippen molar-refractivity contribution in [2.45, 2.75) is 19.4 Å². The lowest BCUT2D eigenvalue weighted by molar-refractivity contribution is -0.144. The molecule has 0 unspecified atom stereocenters. The topological polar surface area (TPSA) is 44.8 Å². The summed E-state index contributed by atoms with van der Waals surface area (Å²) in [6.45, 7) is 0.00714.